The van der Waals surface area contributed by atoms with Crippen molar-refractivity contribution in [3.8, 4) is 0 Å². The maximum atomic E-state index is 6.30. The van der Waals surface area contributed by atoms with Crippen LogP contribution in [0.3, 0.4) is 0 Å². The summed E-state index contributed by atoms with van der Waals surface area (Å²) < 4.78 is 11.8. The molecular weight excluding hydrogens is 396 g/mol. The van der Waals surface area contributed by atoms with Crippen molar-refractivity contribution in [3.05, 3.63) is 71.8 Å². The molecule has 1 fully saturated rings. The molecule has 1 aliphatic rings. The van der Waals surface area contributed by atoms with Crippen molar-refractivity contribution < 1.29 is 9.47 Å². The number of hydrazine groups is 1. The third kappa shape index (κ3) is 8.00. The smallest absolute Gasteiger partial charge is 0.0717 e. The Labute approximate surface area is 195 Å². The van der Waals surface area contributed by atoms with Crippen molar-refractivity contribution in [1.29, 1.82) is 0 Å². The van der Waals surface area contributed by atoms with Crippen molar-refractivity contribution in [2.75, 3.05) is 26.9 Å². The fraction of sp³-hybridized carbons (Fsp3) is 0.571. The van der Waals surface area contributed by atoms with Gasteiger partial charge in [-0.3, -0.25) is 5.43 Å². The fourth-order valence-corrected chi connectivity index (χ4v) is 4.75. The Bertz CT molecular complexity index is 725. The molecule has 0 spiro atoms. The van der Waals surface area contributed by atoms with E-state index in [0.717, 1.165) is 19.6 Å². The van der Waals surface area contributed by atoms with Crippen molar-refractivity contribution in [2.24, 2.45) is 0 Å². The predicted molar refractivity (Wildman–Crippen MR) is 133 cm³/mol. The molecule has 0 unspecified atom stereocenters. The summed E-state index contributed by atoms with van der Waals surface area (Å²) in [6.07, 6.45) is 8.70. The Morgan fingerprint density at radius 1 is 1.00 bits per heavy atom. The highest BCUT2D eigenvalue weighted by Gasteiger charge is 2.30. The van der Waals surface area contributed by atoms with Gasteiger partial charge in [0.25, 0.3) is 0 Å². The zero-order chi connectivity index (χ0) is 22.4. The quantitative estimate of drug-likeness (QED) is 0.349. The molecule has 1 aliphatic heterocycles. The molecule has 3 rings (SSSR count). The first-order valence-corrected chi connectivity index (χ1v) is 12.5. The number of benzene rings is 2. The Morgan fingerprint density at radius 2 is 1.75 bits per heavy atom. The second-order valence-corrected chi connectivity index (χ2v) is 9.05. The van der Waals surface area contributed by atoms with Crippen LogP contribution >= 0.6 is 0 Å². The van der Waals surface area contributed by atoms with Crippen molar-refractivity contribution in [2.45, 2.75) is 76.5 Å². The van der Waals surface area contributed by atoms with Crippen LogP contribution in [-0.2, 0) is 16.1 Å². The van der Waals surface area contributed by atoms with E-state index in [1.54, 1.807) is 0 Å². The van der Waals surface area contributed by atoms with Gasteiger partial charge in [-0.25, -0.2) is 5.01 Å². The van der Waals surface area contributed by atoms with Crippen LogP contribution in [0.5, 0.6) is 0 Å². The van der Waals surface area contributed by atoms with Crippen LogP contribution in [0.25, 0.3) is 0 Å². The molecule has 2 aromatic rings. The summed E-state index contributed by atoms with van der Waals surface area (Å²) in [6.45, 7) is 5.53. The van der Waals surface area contributed by atoms with Crippen LogP contribution in [0, 0.1) is 0 Å². The van der Waals surface area contributed by atoms with Gasteiger partial charge in [0.2, 0.25) is 0 Å². The van der Waals surface area contributed by atoms with Gasteiger partial charge in [-0.2, -0.15) is 0 Å². The molecule has 0 aromatic heterocycles. The standard InChI is InChI=1S/C28H42N2O2/c1-3-4-5-12-19-28(29-30-20-13-18-26(30)22-31-2)27(25-16-10-7-11-17-25)23-32-21-24-14-8-6-9-15-24/h6-11,14-17,26-29H,3-5,12-13,18-23H2,1-2H3/t26-,27+,28+/m1/s1. The molecule has 3 atom stereocenters. The minimum absolute atomic E-state index is 0.310. The van der Waals surface area contributed by atoms with E-state index >= 15 is 0 Å². The molecule has 1 N–H and O–H groups in total. The molecule has 0 radical (unpaired) electrons. The van der Waals surface area contributed by atoms with E-state index < -0.39 is 0 Å². The predicted octanol–water partition coefficient (Wildman–Crippen LogP) is 5.94. The Morgan fingerprint density at radius 3 is 2.47 bits per heavy atom. The van der Waals surface area contributed by atoms with Gasteiger partial charge in [0.1, 0.15) is 0 Å². The van der Waals surface area contributed by atoms with Crippen LogP contribution in [0.15, 0.2) is 60.7 Å². The average molecular weight is 439 g/mol. The summed E-state index contributed by atoms with van der Waals surface area (Å²) in [7, 11) is 1.81. The van der Waals surface area contributed by atoms with Gasteiger partial charge in [0, 0.05) is 31.7 Å². The Balaban J connectivity index is 1.72. The number of hydrogen-bond donors (Lipinski definition) is 1. The highest BCUT2D eigenvalue weighted by Crippen LogP contribution is 2.27. The summed E-state index contributed by atoms with van der Waals surface area (Å²) in [5.41, 5.74) is 6.53. The first-order chi connectivity index (χ1) is 15.8. The van der Waals surface area contributed by atoms with Gasteiger partial charge in [-0.15, -0.1) is 0 Å². The van der Waals surface area contributed by atoms with Crippen molar-refractivity contribution >= 4 is 0 Å². The highest BCUT2D eigenvalue weighted by atomic mass is 16.5. The monoisotopic (exact) mass is 438 g/mol. The summed E-state index contributed by atoms with van der Waals surface area (Å²) in [6, 6.07) is 22.2. The van der Waals surface area contributed by atoms with E-state index in [1.165, 1.54) is 49.7 Å². The molecule has 0 bridgehead atoms. The van der Waals surface area contributed by atoms with Gasteiger partial charge in [0.15, 0.2) is 0 Å². The third-order valence-corrected chi connectivity index (χ3v) is 6.56. The second-order valence-electron chi connectivity index (χ2n) is 9.05. The summed E-state index contributed by atoms with van der Waals surface area (Å²) >= 11 is 0. The average Bonchev–Trinajstić information content (AvgIpc) is 3.27. The lowest BCUT2D eigenvalue weighted by atomic mass is 9.89. The number of nitrogens with one attached hydrogen (secondary N) is 1. The summed E-state index contributed by atoms with van der Waals surface area (Å²) in [5, 5.41) is 2.45. The molecule has 4 heteroatoms. The molecule has 2 aromatic carbocycles. The van der Waals surface area contributed by atoms with Crippen LogP contribution in [-0.4, -0.2) is 44.0 Å². The van der Waals surface area contributed by atoms with Gasteiger partial charge in [-0.05, 0) is 30.4 Å². The second kappa shape index (κ2) is 14.4. The van der Waals surface area contributed by atoms with Gasteiger partial charge >= 0.3 is 0 Å². The minimum atomic E-state index is 0.310. The Hall–Kier alpha value is -1.72. The first kappa shape index (κ1) is 24.9. The molecule has 4 nitrogen and oxygen atoms in total. The summed E-state index contributed by atoms with van der Waals surface area (Å²) in [4.78, 5) is 0. The zero-order valence-corrected chi connectivity index (χ0v) is 20.0. The topological polar surface area (TPSA) is 33.7 Å². The lowest BCUT2D eigenvalue weighted by molar-refractivity contribution is 0.0456. The van der Waals surface area contributed by atoms with E-state index in [-0.39, 0.29) is 0 Å². The highest BCUT2D eigenvalue weighted by molar-refractivity contribution is 5.22. The van der Waals surface area contributed by atoms with Gasteiger partial charge < -0.3 is 9.47 Å². The molecule has 1 saturated heterocycles. The van der Waals surface area contributed by atoms with Crippen molar-refractivity contribution in [1.82, 2.24) is 10.4 Å². The number of unbranched alkanes of at least 4 members (excludes halogenated alkanes) is 3. The number of ether oxygens (including phenoxy) is 2. The third-order valence-electron chi connectivity index (χ3n) is 6.56. The summed E-state index contributed by atoms with van der Waals surface area (Å²) in [5.74, 6) is 0.310. The van der Waals surface area contributed by atoms with Gasteiger partial charge in [0.05, 0.1) is 19.8 Å². The van der Waals surface area contributed by atoms with Crippen LogP contribution in [0.4, 0.5) is 0 Å². The number of hydrogen-bond acceptors (Lipinski definition) is 4. The maximum absolute atomic E-state index is 6.30. The molecule has 0 amide bonds. The number of rotatable bonds is 15. The molecular formula is C28H42N2O2. The minimum Gasteiger partial charge on any atom is -0.383 e. The first-order valence-electron chi connectivity index (χ1n) is 12.5. The largest absolute Gasteiger partial charge is 0.383 e. The SMILES string of the molecule is CCCCCC[C@H](NN1CCC[C@@H]1COC)[C@@H](COCc1ccccc1)c1ccccc1. The number of nitrogens with zero attached hydrogens (tertiary/aromatic N) is 1. The molecule has 0 saturated carbocycles. The molecule has 176 valence electrons. The van der Waals surface area contributed by atoms with E-state index in [1.807, 2.05) is 7.11 Å². The van der Waals surface area contributed by atoms with Crippen LogP contribution in [0.2, 0.25) is 0 Å². The molecule has 0 aliphatic carbocycles. The lowest BCUT2D eigenvalue weighted by Crippen LogP contribution is -2.51. The van der Waals surface area contributed by atoms with E-state index in [0.29, 0.717) is 31.2 Å². The maximum Gasteiger partial charge on any atom is 0.0717 e. The van der Waals surface area contributed by atoms with E-state index in [2.05, 4.69) is 78.0 Å². The fourth-order valence-electron chi connectivity index (χ4n) is 4.75. The van der Waals surface area contributed by atoms with Gasteiger partial charge in [-0.1, -0.05) is 93.3 Å². The molecule has 32 heavy (non-hydrogen) atoms. The van der Waals surface area contributed by atoms with Crippen LogP contribution < -0.4 is 5.43 Å². The Kier molecular flexibility index (Phi) is 11.2. The van der Waals surface area contributed by atoms with Crippen molar-refractivity contribution in [3.63, 3.8) is 0 Å². The lowest BCUT2D eigenvalue weighted by Gasteiger charge is -2.35. The van der Waals surface area contributed by atoms with E-state index in [9.17, 15) is 0 Å². The zero-order valence-electron chi connectivity index (χ0n) is 20.0. The van der Waals surface area contributed by atoms with E-state index in [4.69, 9.17) is 9.47 Å². The normalized spacial score (nSPS) is 18.6. The van der Waals surface area contributed by atoms with Crippen LogP contribution in [0.1, 0.15) is 68.9 Å². The number of methoxy groups -OCH3 is 1. The molecule has 1 heterocycles.